The molecule has 5 nitrogen and oxygen atoms in total. The molecule has 0 amide bonds. The zero-order valence-electron chi connectivity index (χ0n) is 11.2. The van der Waals surface area contributed by atoms with E-state index in [1.54, 1.807) is 6.20 Å². The molecule has 102 valence electrons. The van der Waals surface area contributed by atoms with Gasteiger partial charge in [0.05, 0.1) is 18.5 Å². The lowest BCUT2D eigenvalue weighted by atomic mass is 10.1. The molecule has 2 aromatic heterocycles. The summed E-state index contributed by atoms with van der Waals surface area (Å²) in [5.74, 6) is 0.810. The molecule has 3 rings (SSSR count). The number of nitrogens with zero attached hydrogens (tertiary/aromatic N) is 3. The van der Waals surface area contributed by atoms with E-state index in [2.05, 4.69) is 15.4 Å². The lowest BCUT2D eigenvalue weighted by Gasteiger charge is -2.07. The van der Waals surface area contributed by atoms with Gasteiger partial charge in [-0.2, -0.15) is 0 Å². The Labute approximate surface area is 116 Å². The van der Waals surface area contributed by atoms with Crippen LogP contribution in [0.25, 0.3) is 5.65 Å². The fourth-order valence-electron chi connectivity index (χ4n) is 2.04. The second-order valence-corrected chi connectivity index (χ2v) is 4.72. The summed E-state index contributed by atoms with van der Waals surface area (Å²) in [6, 6.07) is 11.7. The molecular weight excluding hydrogens is 252 g/mol. The lowest BCUT2D eigenvalue weighted by Crippen LogP contribution is -2.04. The summed E-state index contributed by atoms with van der Waals surface area (Å²) in [6.45, 7) is 2.74. The van der Waals surface area contributed by atoms with Crippen LogP contribution in [0, 0.1) is 6.92 Å². The fraction of sp³-hybridized carbons (Fsp3) is 0.200. The van der Waals surface area contributed by atoms with Crippen molar-refractivity contribution in [3.63, 3.8) is 0 Å². The van der Waals surface area contributed by atoms with Gasteiger partial charge in [-0.3, -0.25) is 0 Å². The van der Waals surface area contributed by atoms with E-state index >= 15 is 0 Å². The van der Waals surface area contributed by atoms with Gasteiger partial charge in [0.2, 0.25) is 0 Å². The van der Waals surface area contributed by atoms with Gasteiger partial charge in [0, 0.05) is 6.54 Å². The average molecular weight is 268 g/mol. The molecule has 0 spiro atoms. The summed E-state index contributed by atoms with van der Waals surface area (Å²) in [5.41, 5.74) is 3.92. The third-order valence-electron chi connectivity index (χ3n) is 3.21. The van der Waals surface area contributed by atoms with Gasteiger partial charge in [0.25, 0.3) is 0 Å². The number of aryl methyl sites for hydroxylation is 1. The molecule has 1 aromatic carbocycles. The number of fused-ring (bicyclic) bond motifs is 1. The van der Waals surface area contributed by atoms with E-state index in [0.29, 0.717) is 6.54 Å². The van der Waals surface area contributed by atoms with Gasteiger partial charge < -0.3 is 10.4 Å². The quantitative estimate of drug-likeness (QED) is 0.761. The smallest absolute Gasteiger partial charge is 0.153 e. The molecule has 0 unspecified atom stereocenters. The zero-order valence-corrected chi connectivity index (χ0v) is 11.2. The summed E-state index contributed by atoms with van der Waals surface area (Å²) in [4.78, 5) is 4.25. The van der Waals surface area contributed by atoms with Crippen LogP contribution in [0.4, 0.5) is 5.82 Å². The predicted molar refractivity (Wildman–Crippen MR) is 77.4 cm³/mol. The average Bonchev–Trinajstić information content (AvgIpc) is 2.87. The van der Waals surface area contributed by atoms with Crippen LogP contribution in [-0.2, 0) is 13.2 Å². The number of anilines is 1. The summed E-state index contributed by atoms with van der Waals surface area (Å²) < 4.78 is 1.82. The maximum absolute atomic E-state index is 9.01. The molecule has 0 fully saturated rings. The van der Waals surface area contributed by atoms with Crippen molar-refractivity contribution in [2.24, 2.45) is 0 Å². The highest BCUT2D eigenvalue weighted by molar-refractivity contribution is 5.45. The highest BCUT2D eigenvalue weighted by Gasteiger charge is 2.02. The predicted octanol–water partition coefficient (Wildman–Crippen LogP) is 2.14. The van der Waals surface area contributed by atoms with Crippen LogP contribution in [0.1, 0.15) is 16.8 Å². The van der Waals surface area contributed by atoms with Gasteiger partial charge in [-0.15, -0.1) is 5.10 Å². The van der Waals surface area contributed by atoms with E-state index in [4.69, 9.17) is 5.11 Å². The van der Waals surface area contributed by atoms with Crippen LogP contribution in [-0.4, -0.2) is 19.7 Å². The maximum atomic E-state index is 9.01. The molecule has 2 heterocycles. The van der Waals surface area contributed by atoms with Crippen molar-refractivity contribution in [3.8, 4) is 0 Å². The summed E-state index contributed by atoms with van der Waals surface area (Å²) in [7, 11) is 0. The van der Waals surface area contributed by atoms with Crippen molar-refractivity contribution < 1.29 is 5.11 Å². The van der Waals surface area contributed by atoms with E-state index in [-0.39, 0.29) is 6.61 Å². The minimum atomic E-state index is 0.0752. The van der Waals surface area contributed by atoms with E-state index in [0.717, 1.165) is 28.3 Å². The van der Waals surface area contributed by atoms with Crippen molar-refractivity contribution in [3.05, 3.63) is 59.4 Å². The first-order valence-electron chi connectivity index (χ1n) is 6.50. The number of benzene rings is 1. The molecule has 0 saturated heterocycles. The van der Waals surface area contributed by atoms with Crippen molar-refractivity contribution in [2.45, 2.75) is 20.1 Å². The van der Waals surface area contributed by atoms with Gasteiger partial charge >= 0.3 is 0 Å². The molecule has 0 aliphatic heterocycles. The van der Waals surface area contributed by atoms with Gasteiger partial charge in [-0.1, -0.05) is 24.3 Å². The van der Waals surface area contributed by atoms with Gasteiger partial charge in [-0.05, 0) is 30.2 Å². The van der Waals surface area contributed by atoms with Crippen LogP contribution >= 0.6 is 0 Å². The number of hydrogen-bond acceptors (Lipinski definition) is 4. The lowest BCUT2D eigenvalue weighted by molar-refractivity contribution is 0.282. The highest BCUT2D eigenvalue weighted by atomic mass is 16.3. The Balaban J connectivity index is 1.73. The molecule has 0 bridgehead atoms. The van der Waals surface area contributed by atoms with Crippen LogP contribution < -0.4 is 5.32 Å². The van der Waals surface area contributed by atoms with Crippen LogP contribution in [0.3, 0.4) is 0 Å². The Hall–Kier alpha value is -2.40. The number of nitrogens with one attached hydrogen (secondary N) is 1. The Bertz CT molecular complexity index is 718. The number of rotatable bonds is 4. The molecule has 0 saturated carbocycles. The van der Waals surface area contributed by atoms with E-state index in [9.17, 15) is 0 Å². The Morgan fingerprint density at radius 1 is 1.10 bits per heavy atom. The Morgan fingerprint density at radius 3 is 2.60 bits per heavy atom. The molecule has 2 N–H and O–H groups in total. The first-order chi connectivity index (χ1) is 9.76. The molecule has 0 radical (unpaired) electrons. The number of imidazole rings is 1. The first-order valence-corrected chi connectivity index (χ1v) is 6.50. The molecule has 0 aliphatic rings. The Morgan fingerprint density at radius 2 is 1.85 bits per heavy atom. The number of aromatic nitrogens is 3. The summed E-state index contributed by atoms with van der Waals surface area (Å²) in [6.07, 6.45) is 1.81. The summed E-state index contributed by atoms with van der Waals surface area (Å²) >= 11 is 0. The standard InChI is InChI=1S/C15H16N4O/c1-11-8-17-15-7-6-14(18-19(11)15)16-9-12-2-4-13(10-20)5-3-12/h2-8,20H,9-10H2,1H3,(H,16,18). The van der Waals surface area contributed by atoms with Crippen LogP contribution in [0.15, 0.2) is 42.6 Å². The van der Waals surface area contributed by atoms with E-state index in [1.165, 1.54) is 0 Å². The summed E-state index contributed by atoms with van der Waals surface area (Å²) in [5, 5.41) is 16.8. The van der Waals surface area contributed by atoms with Crippen LogP contribution in [0.5, 0.6) is 0 Å². The minimum absolute atomic E-state index is 0.0752. The third-order valence-corrected chi connectivity index (χ3v) is 3.21. The first kappa shape index (κ1) is 12.6. The second-order valence-electron chi connectivity index (χ2n) is 4.72. The molecule has 5 heteroatoms. The van der Waals surface area contributed by atoms with Crippen molar-refractivity contribution in [2.75, 3.05) is 5.32 Å². The normalized spacial score (nSPS) is 10.9. The molecule has 20 heavy (non-hydrogen) atoms. The molecule has 0 aliphatic carbocycles. The SMILES string of the molecule is Cc1cnc2ccc(NCc3ccc(CO)cc3)nn12. The number of hydrogen-bond donors (Lipinski definition) is 2. The maximum Gasteiger partial charge on any atom is 0.153 e. The fourth-order valence-corrected chi connectivity index (χ4v) is 2.04. The van der Waals surface area contributed by atoms with Crippen molar-refractivity contribution in [1.82, 2.24) is 14.6 Å². The van der Waals surface area contributed by atoms with Crippen molar-refractivity contribution in [1.29, 1.82) is 0 Å². The largest absolute Gasteiger partial charge is 0.392 e. The Kier molecular flexibility index (Phi) is 3.35. The molecule has 0 atom stereocenters. The third kappa shape index (κ3) is 2.48. The molecular formula is C15H16N4O. The van der Waals surface area contributed by atoms with Gasteiger partial charge in [0.1, 0.15) is 5.82 Å². The van der Waals surface area contributed by atoms with Crippen molar-refractivity contribution >= 4 is 11.5 Å². The second kappa shape index (κ2) is 5.30. The minimum Gasteiger partial charge on any atom is -0.392 e. The highest BCUT2D eigenvalue weighted by Crippen LogP contribution is 2.10. The van der Waals surface area contributed by atoms with Gasteiger partial charge in [0.15, 0.2) is 5.65 Å². The zero-order chi connectivity index (χ0) is 13.9. The van der Waals surface area contributed by atoms with Gasteiger partial charge in [-0.25, -0.2) is 9.50 Å². The monoisotopic (exact) mass is 268 g/mol. The van der Waals surface area contributed by atoms with E-state index < -0.39 is 0 Å². The molecule has 3 aromatic rings. The topological polar surface area (TPSA) is 62.5 Å². The van der Waals surface area contributed by atoms with E-state index in [1.807, 2.05) is 47.8 Å². The number of aliphatic hydroxyl groups is 1. The van der Waals surface area contributed by atoms with Crippen LogP contribution in [0.2, 0.25) is 0 Å². The number of aliphatic hydroxyl groups excluding tert-OH is 1.